The van der Waals surface area contributed by atoms with Gasteiger partial charge in [0.15, 0.2) is 0 Å². The van der Waals surface area contributed by atoms with Crippen LogP contribution in [-0.2, 0) is 4.79 Å². The molecule has 1 aliphatic heterocycles. The third-order valence-corrected chi connectivity index (χ3v) is 3.15. The third kappa shape index (κ3) is 2.92. The van der Waals surface area contributed by atoms with E-state index in [0.717, 1.165) is 19.6 Å². The molecule has 1 saturated heterocycles. The first-order valence-electron chi connectivity index (χ1n) is 5.87. The average Bonchev–Trinajstić information content (AvgIpc) is 2.55. The summed E-state index contributed by atoms with van der Waals surface area (Å²) in [5.74, 6) is 0.224. The minimum atomic E-state index is 0.183. The van der Waals surface area contributed by atoms with Gasteiger partial charge in [-0.05, 0) is 26.9 Å². The van der Waals surface area contributed by atoms with Gasteiger partial charge in [-0.1, -0.05) is 13.8 Å². The summed E-state index contributed by atoms with van der Waals surface area (Å²) in [7, 11) is 0. The highest BCUT2D eigenvalue weighted by Crippen LogP contribution is 2.10. The molecule has 1 heterocycles. The van der Waals surface area contributed by atoms with Crippen LogP contribution in [0.1, 0.15) is 27.7 Å². The van der Waals surface area contributed by atoms with E-state index in [1.54, 1.807) is 0 Å². The minimum Gasteiger partial charge on any atom is -0.322 e. The number of amides is 1. The topological polar surface area (TPSA) is 35.6 Å². The maximum absolute atomic E-state index is 11.6. The van der Waals surface area contributed by atoms with Crippen molar-refractivity contribution in [3.8, 4) is 0 Å². The molecule has 0 aromatic carbocycles. The molecule has 88 valence electrons. The lowest BCUT2D eigenvalue weighted by Gasteiger charge is -2.32. The number of nitrogens with zero attached hydrogens (tertiary/aromatic N) is 2. The van der Waals surface area contributed by atoms with E-state index in [0.29, 0.717) is 12.6 Å². The number of rotatable bonds is 5. The number of likely N-dealkylation sites (N-methyl/N-ethyl adjacent to an activating group) is 1. The summed E-state index contributed by atoms with van der Waals surface area (Å²) >= 11 is 0. The molecule has 1 fully saturated rings. The maximum Gasteiger partial charge on any atom is 0.238 e. The molecule has 1 amide bonds. The van der Waals surface area contributed by atoms with Crippen molar-refractivity contribution in [2.75, 3.05) is 26.2 Å². The zero-order valence-electron chi connectivity index (χ0n) is 10.3. The molecule has 0 saturated carbocycles. The SMILES string of the molecule is CCN(CC)CC(C)N1C(=O)CNC1C. The summed E-state index contributed by atoms with van der Waals surface area (Å²) in [6.07, 6.45) is 0.183. The zero-order valence-corrected chi connectivity index (χ0v) is 10.3. The Morgan fingerprint density at radius 2 is 2.13 bits per heavy atom. The Labute approximate surface area is 92.6 Å². The van der Waals surface area contributed by atoms with Gasteiger partial charge in [0.1, 0.15) is 0 Å². The van der Waals surface area contributed by atoms with Gasteiger partial charge in [-0.25, -0.2) is 0 Å². The normalized spacial score (nSPS) is 23.9. The molecule has 15 heavy (non-hydrogen) atoms. The van der Waals surface area contributed by atoms with Crippen LogP contribution in [0.15, 0.2) is 0 Å². The zero-order chi connectivity index (χ0) is 11.4. The minimum absolute atomic E-state index is 0.183. The Morgan fingerprint density at radius 3 is 2.53 bits per heavy atom. The molecule has 1 rings (SSSR count). The second-order valence-electron chi connectivity index (χ2n) is 4.19. The fraction of sp³-hybridized carbons (Fsp3) is 0.909. The van der Waals surface area contributed by atoms with Crippen LogP contribution in [0.25, 0.3) is 0 Å². The van der Waals surface area contributed by atoms with Crippen molar-refractivity contribution in [2.45, 2.75) is 39.9 Å². The van der Waals surface area contributed by atoms with Crippen molar-refractivity contribution in [1.82, 2.24) is 15.1 Å². The van der Waals surface area contributed by atoms with E-state index >= 15 is 0 Å². The Kier molecular flexibility index (Phi) is 4.54. The Bertz CT molecular complexity index is 216. The number of carbonyl (C=O) groups is 1. The van der Waals surface area contributed by atoms with E-state index in [1.807, 2.05) is 11.8 Å². The van der Waals surface area contributed by atoms with Crippen LogP contribution >= 0.6 is 0 Å². The van der Waals surface area contributed by atoms with Crippen LogP contribution in [0.4, 0.5) is 0 Å². The molecule has 4 nitrogen and oxygen atoms in total. The molecule has 2 unspecified atom stereocenters. The molecule has 0 spiro atoms. The van der Waals surface area contributed by atoms with Gasteiger partial charge < -0.3 is 9.80 Å². The van der Waals surface area contributed by atoms with Gasteiger partial charge in [-0.15, -0.1) is 0 Å². The molecule has 1 aliphatic rings. The summed E-state index contributed by atoms with van der Waals surface area (Å²) in [5.41, 5.74) is 0. The van der Waals surface area contributed by atoms with Crippen LogP contribution in [0.2, 0.25) is 0 Å². The monoisotopic (exact) mass is 213 g/mol. The van der Waals surface area contributed by atoms with E-state index in [4.69, 9.17) is 0 Å². The smallest absolute Gasteiger partial charge is 0.238 e. The number of nitrogens with one attached hydrogen (secondary N) is 1. The quantitative estimate of drug-likeness (QED) is 0.722. The second kappa shape index (κ2) is 5.47. The summed E-state index contributed by atoms with van der Waals surface area (Å²) < 4.78 is 0. The van der Waals surface area contributed by atoms with Gasteiger partial charge in [0.05, 0.1) is 12.7 Å². The van der Waals surface area contributed by atoms with E-state index in [-0.39, 0.29) is 12.1 Å². The average molecular weight is 213 g/mol. The first kappa shape index (κ1) is 12.5. The molecule has 0 aromatic heterocycles. The number of hydrogen-bond acceptors (Lipinski definition) is 3. The standard InChI is InChI=1S/C11H23N3O/c1-5-13(6-2)8-9(3)14-10(4)12-7-11(14)15/h9-10,12H,5-8H2,1-4H3. The predicted molar refractivity (Wildman–Crippen MR) is 61.6 cm³/mol. The summed E-state index contributed by atoms with van der Waals surface area (Å²) in [5, 5.41) is 3.17. The van der Waals surface area contributed by atoms with Gasteiger partial charge in [-0.3, -0.25) is 10.1 Å². The van der Waals surface area contributed by atoms with Crippen molar-refractivity contribution in [1.29, 1.82) is 0 Å². The van der Waals surface area contributed by atoms with Gasteiger partial charge >= 0.3 is 0 Å². The van der Waals surface area contributed by atoms with Crippen LogP contribution in [0.5, 0.6) is 0 Å². The first-order valence-corrected chi connectivity index (χ1v) is 5.87. The van der Waals surface area contributed by atoms with E-state index in [9.17, 15) is 4.79 Å². The van der Waals surface area contributed by atoms with Crippen molar-refractivity contribution in [3.63, 3.8) is 0 Å². The highest BCUT2D eigenvalue weighted by molar-refractivity contribution is 5.80. The van der Waals surface area contributed by atoms with E-state index < -0.39 is 0 Å². The Hall–Kier alpha value is -0.610. The number of carbonyl (C=O) groups excluding carboxylic acids is 1. The molecule has 0 aliphatic carbocycles. The lowest BCUT2D eigenvalue weighted by atomic mass is 10.2. The molecule has 0 radical (unpaired) electrons. The van der Waals surface area contributed by atoms with Gasteiger partial charge in [0.2, 0.25) is 5.91 Å². The molecule has 1 N–H and O–H groups in total. The summed E-state index contributed by atoms with van der Waals surface area (Å²) in [6, 6.07) is 0.294. The molecular formula is C11H23N3O. The fourth-order valence-electron chi connectivity index (χ4n) is 2.21. The van der Waals surface area contributed by atoms with Crippen LogP contribution in [0.3, 0.4) is 0 Å². The largest absolute Gasteiger partial charge is 0.322 e. The third-order valence-electron chi connectivity index (χ3n) is 3.15. The molecule has 0 aromatic rings. The maximum atomic E-state index is 11.6. The molecule has 0 bridgehead atoms. The number of hydrogen-bond donors (Lipinski definition) is 1. The van der Waals surface area contributed by atoms with Gasteiger partial charge in [-0.2, -0.15) is 0 Å². The second-order valence-corrected chi connectivity index (χ2v) is 4.19. The van der Waals surface area contributed by atoms with Crippen molar-refractivity contribution >= 4 is 5.91 Å². The highest BCUT2D eigenvalue weighted by Gasteiger charge is 2.31. The lowest BCUT2D eigenvalue weighted by molar-refractivity contribution is -0.130. The Balaban J connectivity index is 2.51. The van der Waals surface area contributed by atoms with Crippen molar-refractivity contribution < 1.29 is 4.79 Å². The van der Waals surface area contributed by atoms with Crippen LogP contribution in [0, 0.1) is 0 Å². The van der Waals surface area contributed by atoms with Gasteiger partial charge in [0.25, 0.3) is 0 Å². The summed E-state index contributed by atoms with van der Waals surface area (Å²) in [6.45, 7) is 12.0. The Morgan fingerprint density at radius 1 is 1.53 bits per heavy atom. The molecule has 4 heteroatoms. The summed E-state index contributed by atoms with van der Waals surface area (Å²) in [4.78, 5) is 15.9. The highest BCUT2D eigenvalue weighted by atomic mass is 16.2. The predicted octanol–water partition coefficient (Wildman–Crippen LogP) is 0.495. The molecular weight excluding hydrogens is 190 g/mol. The van der Waals surface area contributed by atoms with Gasteiger partial charge in [0, 0.05) is 12.6 Å². The van der Waals surface area contributed by atoms with E-state index in [2.05, 4.69) is 31.0 Å². The van der Waals surface area contributed by atoms with E-state index in [1.165, 1.54) is 0 Å². The molecule has 2 atom stereocenters. The lowest BCUT2D eigenvalue weighted by Crippen LogP contribution is -2.47. The fourth-order valence-corrected chi connectivity index (χ4v) is 2.21. The van der Waals surface area contributed by atoms with Crippen LogP contribution < -0.4 is 5.32 Å². The van der Waals surface area contributed by atoms with Crippen molar-refractivity contribution in [3.05, 3.63) is 0 Å². The first-order chi connectivity index (χ1) is 7.10. The van der Waals surface area contributed by atoms with Crippen molar-refractivity contribution in [2.24, 2.45) is 0 Å². The van der Waals surface area contributed by atoms with Crippen LogP contribution in [-0.4, -0.2) is 54.1 Å².